The highest BCUT2D eigenvalue weighted by atomic mass is 14.9. The summed E-state index contributed by atoms with van der Waals surface area (Å²) in [6.45, 7) is 17.4. The first-order chi connectivity index (χ1) is 7.68. The van der Waals surface area contributed by atoms with Crippen molar-refractivity contribution in [2.24, 2.45) is 11.1 Å². The van der Waals surface area contributed by atoms with Crippen LogP contribution < -0.4 is 11.1 Å². The van der Waals surface area contributed by atoms with Gasteiger partial charge in [0.2, 0.25) is 0 Å². The van der Waals surface area contributed by atoms with Gasteiger partial charge in [-0.15, -0.1) is 0 Å². The molecule has 0 rings (SSSR count). The van der Waals surface area contributed by atoms with Crippen LogP contribution in [0.15, 0.2) is 35.2 Å². The summed E-state index contributed by atoms with van der Waals surface area (Å²) in [4.78, 5) is 0. The lowest BCUT2D eigenvalue weighted by molar-refractivity contribution is 0.503. The van der Waals surface area contributed by atoms with E-state index in [2.05, 4.69) is 52.6 Å². The molecule has 0 amide bonds. The highest BCUT2D eigenvalue weighted by Crippen LogP contribution is 2.25. The minimum atomic E-state index is 0.172. The molecule has 98 valence electrons. The Labute approximate surface area is 107 Å². The maximum atomic E-state index is 6.15. The zero-order valence-corrected chi connectivity index (χ0v) is 12.3. The molecule has 17 heavy (non-hydrogen) atoms. The fourth-order valence-corrected chi connectivity index (χ4v) is 1.24. The zero-order chi connectivity index (χ0) is 13.6. The first kappa shape index (κ1) is 15.8. The van der Waals surface area contributed by atoms with Crippen molar-refractivity contribution < 1.29 is 0 Å². The van der Waals surface area contributed by atoms with E-state index in [-0.39, 0.29) is 5.41 Å². The van der Waals surface area contributed by atoms with E-state index in [0.29, 0.717) is 0 Å². The van der Waals surface area contributed by atoms with Crippen LogP contribution in [0.1, 0.15) is 48.0 Å². The van der Waals surface area contributed by atoms with Gasteiger partial charge in [-0.05, 0) is 37.3 Å². The fraction of sp³-hybridized carbons (Fsp3) is 0.600. The van der Waals surface area contributed by atoms with Crippen LogP contribution in [0.4, 0.5) is 0 Å². The average Bonchev–Trinajstić information content (AvgIpc) is 2.16. The Balaban J connectivity index is 4.92. The summed E-state index contributed by atoms with van der Waals surface area (Å²) in [5.41, 5.74) is 10.7. The summed E-state index contributed by atoms with van der Waals surface area (Å²) >= 11 is 0. The Hall–Kier alpha value is -1.18. The van der Waals surface area contributed by atoms with Gasteiger partial charge in [0, 0.05) is 17.9 Å². The van der Waals surface area contributed by atoms with Gasteiger partial charge in [-0.1, -0.05) is 39.8 Å². The quantitative estimate of drug-likeness (QED) is 0.714. The molecule has 0 heterocycles. The predicted molar refractivity (Wildman–Crippen MR) is 77.5 cm³/mol. The van der Waals surface area contributed by atoms with Crippen LogP contribution in [-0.2, 0) is 0 Å². The van der Waals surface area contributed by atoms with Gasteiger partial charge in [0.05, 0.1) is 0 Å². The molecule has 0 aromatic heterocycles. The van der Waals surface area contributed by atoms with Gasteiger partial charge in [-0.2, -0.15) is 0 Å². The maximum Gasteiger partial charge on any atom is 0.0379 e. The number of hydrogen-bond donors (Lipinski definition) is 2. The van der Waals surface area contributed by atoms with E-state index in [9.17, 15) is 0 Å². The monoisotopic (exact) mass is 236 g/mol. The summed E-state index contributed by atoms with van der Waals surface area (Å²) < 4.78 is 0. The van der Waals surface area contributed by atoms with Crippen LogP contribution in [0.3, 0.4) is 0 Å². The van der Waals surface area contributed by atoms with Crippen molar-refractivity contribution in [3.8, 4) is 0 Å². The van der Waals surface area contributed by atoms with Crippen molar-refractivity contribution in [3.05, 3.63) is 35.2 Å². The number of allylic oxidation sites excluding steroid dienone is 3. The van der Waals surface area contributed by atoms with E-state index in [1.54, 1.807) is 0 Å². The van der Waals surface area contributed by atoms with E-state index in [0.717, 1.165) is 24.4 Å². The third-order valence-corrected chi connectivity index (χ3v) is 2.99. The van der Waals surface area contributed by atoms with Gasteiger partial charge < -0.3 is 11.1 Å². The molecule has 0 radical (unpaired) electrons. The fourth-order valence-electron chi connectivity index (χ4n) is 1.24. The van der Waals surface area contributed by atoms with E-state index in [1.807, 2.05) is 6.92 Å². The lowest BCUT2D eigenvalue weighted by Crippen LogP contribution is -2.17. The van der Waals surface area contributed by atoms with Crippen molar-refractivity contribution in [2.45, 2.75) is 48.0 Å². The highest BCUT2D eigenvalue weighted by Gasteiger charge is 2.12. The standard InChI is InChI=1S/C15H28N2/c1-8-13(10-17-11(2)3)14(16)9-12(4)15(5,6)7/h9,17H,2,8,10,16H2,1,3-7H3/b12-9+,14-13+. The summed E-state index contributed by atoms with van der Waals surface area (Å²) in [6.07, 6.45) is 3.05. The first-order valence-corrected chi connectivity index (χ1v) is 6.24. The highest BCUT2D eigenvalue weighted by molar-refractivity contribution is 5.28. The van der Waals surface area contributed by atoms with Gasteiger partial charge >= 0.3 is 0 Å². The van der Waals surface area contributed by atoms with Crippen LogP contribution in [0.25, 0.3) is 0 Å². The minimum absolute atomic E-state index is 0.172. The van der Waals surface area contributed by atoms with E-state index >= 15 is 0 Å². The third kappa shape index (κ3) is 6.20. The molecule has 0 unspecified atom stereocenters. The number of nitrogens with one attached hydrogen (secondary N) is 1. The van der Waals surface area contributed by atoms with Gasteiger partial charge in [0.15, 0.2) is 0 Å². The second kappa shape index (κ2) is 6.53. The van der Waals surface area contributed by atoms with Crippen molar-refractivity contribution in [1.29, 1.82) is 0 Å². The van der Waals surface area contributed by atoms with Crippen LogP contribution in [0.2, 0.25) is 0 Å². The molecule has 0 aliphatic heterocycles. The lowest BCUT2D eigenvalue weighted by Gasteiger charge is -2.20. The zero-order valence-electron chi connectivity index (χ0n) is 12.3. The molecule has 0 saturated heterocycles. The summed E-state index contributed by atoms with van der Waals surface area (Å²) in [5.74, 6) is 0. The SMILES string of the molecule is C=C(C)NC/C(CC)=C(N)\C=C(/C)C(C)(C)C. The average molecular weight is 236 g/mol. The Morgan fingerprint density at radius 2 is 1.82 bits per heavy atom. The molecule has 2 heteroatoms. The molecular formula is C15H28N2. The molecule has 0 aromatic carbocycles. The second-order valence-electron chi connectivity index (χ2n) is 5.62. The number of rotatable bonds is 5. The summed E-state index contributed by atoms with van der Waals surface area (Å²) in [6, 6.07) is 0. The minimum Gasteiger partial charge on any atom is -0.399 e. The van der Waals surface area contributed by atoms with Gasteiger partial charge in [0.25, 0.3) is 0 Å². The third-order valence-electron chi connectivity index (χ3n) is 2.99. The van der Waals surface area contributed by atoms with Gasteiger partial charge in [0.1, 0.15) is 0 Å². The Bertz CT molecular complexity index is 327. The maximum absolute atomic E-state index is 6.15. The van der Waals surface area contributed by atoms with Crippen molar-refractivity contribution in [1.82, 2.24) is 5.32 Å². The van der Waals surface area contributed by atoms with Crippen LogP contribution in [0, 0.1) is 5.41 Å². The van der Waals surface area contributed by atoms with Gasteiger partial charge in [-0.3, -0.25) is 0 Å². The van der Waals surface area contributed by atoms with Crippen LogP contribution >= 0.6 is 0 Å². The van der Waals surface area contributed by atoms with Crippen LogP contribution in [-0.4, -0.2) is 6.54 Å². The van der Waals surface area contributed by atoms with Gasteiger partial charge in [-0.25, -0.2) is 0 Å². The van der Waals surface area contributed by atoms with Crippen molar-refractivity contribution in [3.63, 3.8) is 0 Å². The summed E-state index contributed by atoms with van der Waals surface area (Å²) in [7, 11) is 0. The molecule has 0 aliphatic rings. The molecular weight excluding hydrogens is 208 g/mol. The normalized spacial score (nSPS) is 14.4. The molecule has 0 aromatic rings. The number of hydrogen-bond acceptors (Lipinski definition) is 2. The molecule has 0 saturated carbocycles. The lowest BCUT2D eigenvalue weighted by atomic mass is 9.87. The molecule has 0 bridgehead atoms. The van der Waals surface area contributed by atoms with E-state index in [1.165, 1.54) is 11.1 Å². The predicted octanol–water partition coefficient (Wildman–Crippen LogP) is 3.72. The molecule has 0 aliphatic carbocycles. The smallest absolute Gasteiger partial charge is 0.0379 e. The Morgan fingerprint density at radius 1 is 1.29 bits per heavy atom. The topological polar surface area (TPSA) is 38.0 Å². The van der Waals surface area contributed by atoms with Crippen molar-refractivity contribution >= 4 is 0 Å². The molecule has 3 N–H and O–H groups in total. The van der Waals surface area contributed by atoms with Crippen LogP contribution in [0.5, 0.6) is 0 Å². The Kier molecular flexibility index (Phi) is 6.08. The number of nitrogens with two attached hydrogens (primary N) is 1. The van der Waals surface area contributed by atoms with E-state index in [4.69, 9.17) is 5.73 Å². The largest absolute Gasteiger partial charge is 0.399 e. The van der Waals surface area contributed by atoms with Crippen molar-refractivity contribution in [2.75, 3.05) is 6.54 Å². The Morgan fingerprint density at radius 3 is 2.18 bits per heavy atom. The molecule has 0 atom stereocenters. The first-order valence-electron chi connectivity index (χ1n) is 6.24. The molecule has 0 spiro atoms. The molecule has 2 nitrogen and oxygen atoms in total. The summed E-state index contributed by atoms with van der Waals surface area (Å²) in [5, 5.41) is 3.23. The van der Waals surface area contributed by atoms with E-state index < -0.39 is 0 Å². The second-order valence-corrected chi connectivity index (χ2v) is 5.62. The molecule has 0 fully saturated rings.